The summed E-state index contributed by atoms with van der Waals surface area (Å²) in [6, 6.07) is 11.2. The standard InChI is InChI=1S/C12H10N4S/c1-8-6-9(7-13)16-12(15-8)17-11-5-3-2-4-10(11)14/h2-6H,14H2,1H3. The van der Waals surface area contributed by atoms with E-state index in [4.69, 9.17) is 11.0 Å². The van der Waals surface area contributed by atoms with Crippen molar-refractivity contribution in [2.24, 2.45) is 0 Å². The largest absolute Gasteiger partial charge is 0.398 e. The maximum absolute atomic E-state index is 8.83. The van der Waals surface area contributed by atoms with E-state index >= 15 is 0 Å². The Hall–Kier alpha value is -2.06. The van der Waals surface area contributed by atoms with Crippen molar-refractivity contribution in [1.82, 2.24) is 9.97 Å². The molecule has 2 rings (SSSR count). The monoisotopic (exact) mass is 242 g/mol. The number of nitrogens with two attached hydrogens (primary N) is 1. The van der Waals surface area contributed by atoms with E-state index in [-0.39, 0.29) is 0 Å². The second kappa shape index (κ2) is 4.85. The smallest absolute Gasteiger partial charge is 0.193 e. The van der Waals surface area contributed by atoms with Crippen LogP contribution in [-0.2, 0) is 0 Å². The Kier molecular flexibility index (Phi) is 3.26. The molecule has 0 bridgehead atoms. The van der Waals surface area contributed by atoms with Crippen molar-refractivity contribution in [1.29, 1.82) is 5.26 Å². The van der Waals surface area contributed by atoms with Crippen molar-refractivity contribution in [2.45, 2.75) is 17.0 Å². The zero-order chi connectivity index (χ0) is 12.3. The van der Waals surface area contributed by atoms with Crippen LogP contribution in [0.15, 0.2) is 40.4 Å². The average Bonchev–Trinajstić information content (AvgIpc) is 2.31. The third-order valence-electron chi connectivity index (χ3n) is 2.07. The fraction of sp³-hybridized carbons (Fsp3) is 0.0833. The first-order chi connectivity index (χ1) is 8.19. The molecule has 2 N–H and O–H groups in total. The third-order valence-corrected chi connectivity index (χ3v) is 3.03. The minimum Gasteiger partial charge on any atom is -0.398 e. The molecule has 1 heterocycles. The molecule has 0 saturated carbocycles. The van der Waals surface area contributed by atoms with Crippen molar-refractivity contribution >= 4 is 17.4 Å². The molecule has 1 aromatic heterocycles. The number of nitriles is 1. The molecule has 0 spiro atoms. The van der Waals surface area contributed by atoms with E-state index in [2.05, 4.69) is 9.97 Å². The molecule has 0 aliphatic heterocycles. The molecule has 0 fully saturated rings. The summed E-state index contributed by atoms with van der Waals surface area (Å²) in [5, 5.41) is 9.37. The van der Waals surface area contributed by atoms with Crippen LogP contribution in [0.4, 0.5) is 5.69 Å². The van der Waals surface area contributed by atoms with Gasteiger partial charge >= 0.3 is 0 Å². The van der Waals surface area contributed by atoms with Crippen LogP contribution in [0.2, 0.25) is 0 Å². The van der Waals surface area contributed by atoms with Gasteiger partial charge in [-0.2, -0.15) is 5.26 Å². The van der Waals surface area contributed by atoms with Gasteiger partial charge in [0, 0.05) is 16.3 Å². The molecular formula is C12H10N4S. The molecule has 5 heteroatoms. The molecule has 17 heavy (non-hydrogen) atoms. The van der Waals surface area contributed by atoms with Crippen molar-refractivity contribution < 1.29 is 0 Å². The van der Waals surface area contributed by atoms with Gasteiger partial charge in [0.05, 0.1) is 0 Å². The highest BCUT2D eigenvalue weighted by molar-refractivity contribution is 7.99. The first-order valence-electron chi connectivity index (χ1n) is 4.97. The van der Waals surface area contributed by atoms with Gasteiger partial charge in [-0.3, -0.25) is 0 Å². The van der Waals surface area contributed by atoms with E-state index in [9.17, 15) is 0 Å². The summed E-state index contributed by atoms with van der Waals surface area (Å²) in [4.78, 5) is 9.28. The number of anilines is 1. The van der Waals surface area contributed by atoms with Gasteiger partial charge in [0.25, 0.3) is 0 Å². The van der Waals surface area contributed by atoms with Crippen molar-refractivity contribution in [3.63, 3.8) is 0 Å². The Morgan fingerprint density at radius 3 is 2.76 bits per heavy atom. The second-order valence-corrected chi connectivity index (χ2v) is 4.44. The maximum Gasteiger partial charge on any atom is 0.193 e. The van der Waals surface area contributed by atoms with Crippen LogP contribution in [0.1, 0.15) is 11.4 Å². The maximum atomic E-state index is 8.83. The number of aromatic nitrogens is 2. The first kappa shape index (κ1) is 11.4. The number of nitrogens with zero attached hydrogens (tertiary/aromatic N) is 3. The number of benzene rings is 1. The van der Waals surface area contributed by atoms with Crippen LogP contribution >= 0.6 is 11.8 Å². The van der Waals surface area contributed by atoms with Gasteiger partial charge < -0.3 is 5.73 Å². The zero-order valence-electron chi connectivity index (χ0n) is 9.21. The Labute approximate surface area is 104 Å². The lowest BCUT2D eigenvalue weighted by Crippen LogP contribution is -1.94. The van der Waals surface area contributed by atoms with E-state index in [1.807, 2.05) is 37.3 Å². The van der Waals surface area contributed by atoms with Crippen molar-refractivity contribution in [3.05, 3.63) is 41.7 Å². The van der Waals surface area contributed by atoms with Crippen LogP contribution in [0.25, 0.3) is 0 Å². The average molecular weight is 242 g/mol. The Bertz CT molecular complexity index is 589. The van der Waals surface area contributed by atoms with Gasteiger partial charge in [0.15, 0.2) is 5.16 Å². The predicted octanol–water partition coefficient (Wildman–Crippen LogP) is 2.39. The predicted molar refractivity (Wildman–Crippen MR) is 66.5 cm³/mol. The lowest BCUT2D eigenvalue weighted by atomic mass is 10.3. The van der Waals surface area contributed by atoms with Crippen LogP contribution in [0.3, 0.4) is 0 Å². The van der Waals surface area contributed by atoms with Gasteiger partial charge in [0.2, 0.25) is 0 Å². The van der Waals surface area contributed by atoms with Gasteiger partial charge in [-0.15, -0.1) is 0 Å². The van der Waals surface area contributed by atoms with Crippen LogP contribution < -0.4 is 5.73 Å². The molecule has 0 amide bonds. The molecule has 84 valence electrons. The highest BCUT2D eigenvalue weighted by Gasteiger charge is 2.06. The quantitative estimate of drug-likeness (QED) is 0.646. The van der Waals surface area contributed by atoms with Gasteiger partial charge in [-0.25, -0.2) is 9.97 Å². The lowest BCUT2D eigenvalue weighted by molar-refractivity contribution is 0.920. The Balaban J connectivity index is 2.34. The van der Waals surface area contributed by atoms with Crippen LogP contribution in [0, 0.1) is 18.3 Å². The van der Waals surface area contributed by atoms with Crippen LogP contribution in [0.5, 0.6) is 0 Å². The molecule has 0 saturated heterocycles. The van der Waals surface area contributed by atoms with E-state index in [0.29, 0.717) is 16.5 Å². The molecule has 0 radical (unpaired) electrons. The summed E-state index contributed by atoms with van der Waals surface area (Å²) in [6.45, 7) is 1.83. The molecule has 0 atom stereocenters. The van der Waals surface area contributed by atoms with E-state index in [1.165, 1.54) is 11.8 Å². The van der Waals surface area contributed by atoms with E-state index < -0.39 is 0 Å². The Morgan fingerprint density at radius 2 is 2.06 bits per heavy atom. The third kappa shape index (κ3) is 2.74. The van der Waals surface area contributed by atoms with Gasteiger partial charge in [0.1, 0.15) is 11.8 Å². The lowest BCUT2D eigenvalue weighted by Gasteiger charge is -2.04. The minimum atomic E-state index is 0.370. The summed E-state index contributed by atoms with van der Waals surface area (Å²) in [7, 11) is 0. The summed E-state index contributed by atoms with van der Waals surface area (Å²) >= 11 is 1.36. The number of rotatable bonds is 2. The van der Waals surface area contributed by atoms with Crippen molar-refractivity contribution in [2.75, 3.05) is 5.73 Å². The molecular weight excluding hydrogens is 232 g/mol. The summed E-state index contributed by atoms with van der Waals surface area (Å²) < 4.78 is 0. The number of hydrogen-bond donors (Lipinski definition) is 1. The number of aryl methyl sites for hydroxylation is 1. The number of hydrogen-bond acceptors (Lipinski definition) is 5. The van der Waals surface area contributed by atoms with Crippen molar-refractivity contribution in [3.8, 4) is 6.07 Å². The molecule has 0 unspecified atom stereocenters. The summed E-state index contributed by atoms with van der Waals surface area (Å²) in [5.41, 5.74) is 7.66. The van der Waals surface area contributed by atoms with Crippen LogP contribution in [-0.4, -0.2) is 9.97 Å². The normalized spacial score (nSPS) is 9.88. The van der Waals surface area contributed by atoms with E-state index in [0.717, 1.165) is 10.6 Å². The first-order valence-corrected chi connectivity index (χ1v) is 5.79. The van der Waals surface area contributed by atoms with E-state index in [1.54, 1.807) is 6.07 Å². The minimum absolute atomic E-state index is 0.370. The molecule has 1 aromatic carbocycles. The summed E-state index contributed by atoms with van der Waals surface area (Å²) in [5.74, 6) is 0. The number of para-hydroxylation sites is 1. The highest BCUT2D eigenvalue weighted by atomic mass is 32.2. The highest BCUT2D eigenvalue weighted by Crippen LogP contribution is 2.29. The summed E-state index contributed by atoms with van der Waals surface area (Å²) in [6.07, 6.45) is 0. The SMILES string of the molecule is Cc1cc(C#N)nc(Sc2ccccc2N)n1. The molecule has 0 aliphatic carbocycles. The molecule has 0 aliphatic rings. The number of nitrogen functional groups attached to an aromatic ring is 1. The van der Waals surface area contributed by atoms with Gasteiger partial charge in [-0.05, 0) is 36.9 Å². The topological polar surface area (TPSA) is 75.6 Å². The second-order valence-electron chi connectivity index (χ2n) is 3.43. The zero-order valence-corrected chi connectivity index (χ0v) is 10.0. The fourth-order valence-electron chi connectivity index (χ4n) is 1.32. The molecule has 2 aromatic rings. The van der Waals surface area contributed by atoms with Gasteiger partial charge in [-0.1, -0.05) is 12.1 Å². The molecule has 4 nitrogen and oxygen atoms in total. The Morgan fingerprint density at radius 1 is 1.29 bits per heavy atom. The fourth-order valence-corrected chi connectivity index (χ4v) is 2.18.